The average molecular weight is 279 g/mol. The summed E-state index contributed by atoms with van der Waals surface area (Å²) >= 11 is 5.07. The Labute approximate surface area is 97.0 Å². The van der Waals surface area contributed by atoms with Gasteiger partial charge in [-0.15, -0.1) is 11.3 Å². The Morgan fingerprint density at radius 1 is 1.57 bits per heavy atom. The molecule has 0 saturated heterocycles. The van der Waals surface area contributed by atoms with Gasteiger partial charge in [-0.05, 0) is 41.4 Å². The summed E-state index contributed by atoms with van der Waals surface area (Å²) < 4.78 is 6.21. The van der Waals surface area contributed by atoms with E-state index in [-0.39, 0.29) is 12.2 Å². The zero-order chi connectivity index (χ0) is 10.6. The van der Waals surface area contributed by atoms with Crippen molar-refractivity contribution in [2.75, 3.05) is 7.11 Å². The molecular weight excluding hydrogens is 264 g/mol. The van der Waals surface area contributed by atoms with Crippen molar-refractivity contribution in [3.8, 4) is 0 Å². The smallest absolute Gasteiger partial charge is 0.0701 e. The van der Waals surface area contributed by atoms with Gasteiger partial charge in [0.2, 0.25) is 0 Å². The Kier molecular flexibility index (Phi) is 5.09. The maximum Gasteiger partial charge on any atom is 0.0701 e. The third kappa shape index (κ3) is 4.09. The summed E-state index contributed by atoms with van der Waals surface area (Å²) in [6.45, 7) is 1.97. The molecule has 0 saturated carbocycles. The number of aliphatic hydroxyl groups is 1. The zero-order valence-electron chi connectivity index (χ0n) is 8.37. The molecule has 80 valence electrons. The second kappa shape index (κ2) is 5.85. The van der Waals surface area contributed by atoms with Crippen molar-refractivity contribution in [1.82, 2.24) is 0 Å². The van der Waals surface area contributed by atoms with Crippen molar-refractivity contribution >= 4 is 27.3 Å². The fourth-order valence-electron chi connectivity index (χ4n) is 1.26. The Morgan fingerprint density at radius 3 is 2.79 bits per heavy atom. The van der Waals surface area contributed by atoms with Crippen LogP contribution in [0.1, 0.15) is 18.2 Å². The fraction of sp³-hybridized carbons (Fsp3) is 0.600. The lowest BCUT2D eigenvalue weighted by molar-refractivity contribution is 0.0568. The van der Waals surface area contributed by atoms with E-state index in [1.165, 1.54) is 4.88 Å². The largest absolute Gasteiger partial charge is 0.393 e. The standard InChI is InChI=1S/C10H15BrO2S/c1-7(13-2)5-8(12)6-9-3-4-10(11)14-9/h3-4,7-8,12H,5-6H2,1-2H3. The lowest BCUT2D eigenvalue weighted by Crippen LogP contribution is -2.18. The van der Waals surface area contributed by atoms with Crippen LogP contribution in [0, 0.1) is 0 Å². The maximum atomic E-state index is 9.72. The molecular formula is C10H15BrO2S. The summed E-state index contributed by atoms with van der Waals surface area (Å²) in [5.41, 5.74) is 0. The average Bonchev–Trinajstić information content (AvgIpc) is 2.50. The number of halogens is 1. The van der Waals surface area contributed by atoms with E-state index in [9.17, 15) is 5.11 Å². The molecule has 0 aliphatic rings. The first kappa shape index (κ1) is 12.2. The highest BCUT2D eigenvalue weighted by Crippen LogP contribution is 2.23. The molecule has 4 heteroatoms. The van der Waals surface area contributed by atoms with E-state index in [2.05, 4.69) is 15.9 Å². The molecule has 2 nitrogen and oxygen atoms in total. The van der Waals surface area contributed by atoms with Crippen molar-refractivity contribution < 1.29 is 9.84 Å². The fourth-order valence-corrected chi connectivity index (χ4v) is 2.81. The highest BCUT2D eigenvalue weighted by Gasteiger charge is 2.11. The Balaban J connectivity index is 2.37. The topological polar surface area (TPSA) is 29.5 Å². The van der Waals surface area contributed by atoms with E-state index >= 15 is 0 Å². The van der Waals surface area contributed by atoms with Crippen LogP contribution in [0.4, 0.5) is 0 Å². The molecule has 1 heterocycles. The molecule has 0 fully saturated rings. The number of hydrogen-bond acceptors (Lipinski definition) is 3. The zero-order valence-corrected chi connectivity index (χ0v) is 10.8. The summed E-state index contributed by atoms with van der Waals surface area (Å²) in [6, 6.07) is 4.04. The van der Waals surface area contributed by atoms with E-state index < -0.39 is 0 Å². The number of rotatable bonds is 5. The van der Waals surface area contributed by atoms with Crippen molar-refractivity contribution in [1.29, 1.82) is 0 Å². The monoisotopic (exact) mass is 278 g/mol. The Bertz CT molecular complexity index is 275. The van der Waals surface area contributed by atoms with Gasteiger partial charge < -0.3 is 9.84 Å². The van der Waals surface area contributed by atoms with Gasteiger partial charge in [0.05, 0.1) is 16.0 Å². The first-order valence-corrected chi connectivity index (χ1v) is 6.18. The number of thiophene rings is 1. The number of methoxy groups -OCH3 is 1. The van der Waals surface area contributed by atoms with Crippen LogP contribution in [0.15, 0.2) is 15.9 Å². The van der Waals surface area contributed by atoms with Gasteiger partial charge in [-0.25, -0.2) is 0 Å². The Morgan fingerprint density at radius 2 is 2.29 bits per heavy atom. The second-order valence-electron chi connectivity index (χ2n) is 3.35. The number of aliphatic hydroxyl groups excluding tert-OH is 1. The number of hydrogen-bond donors (Lipinski definition) is 1. The van der Waals surface area contributed by atoms with Gasteiger partial charge in [0.1, 0.15) is 0 Å². The predicted molar refractivity (Wildman–Crippen MR) is 62.8 cm³/mol. The van der Waals surface area contributed by atoms with Crippen LogP contribution in [-0.2, 0) is 11.2 Å². The molecule has 0 aliphatic carbocycles. The summed E-state index contributed by atoms with van der Waals surface area (Å²) in [6.07, 6.45) is 1.21. The molecule has 1 N–H and O–H groups in total. The molecule has 0 spiro atoms. The minimum atomic E-state index is -0.310. The predicted octanol–water partition coefficient (Wildman–Crippen LogP) is 2.84. The summed E-state index contributed by atoms with van der Waals surface area (Å²) in [7, 11) is 1.67. The van der Waals surface area contributed by atoms with Gasteiger partial charge >= 0.3 is 0 Å². The lowest BCUT2D eigenvalue weighted by atomic mass is 10.1. The van der Waals surface area contributed by atoms with Crippen molar-refractivity contribution in [3.05, 3.63) is 20.8 Å². The van der Waals surface area contributed by atoms with Gasteiger partial charge in [-0.2, -0.15) is 0 Å². The first-order chi connectivity index (χ1) is 6.61. The van der Waals surface area contributed by atoms with Gasteiger partial charge in [-0.1, -0.05) is 0 Å². The molecule has 1 aromatic heterocycles. The normalized spacial score (nSPS) is 15.4. The number of ether oxygens (including phenoxy) is 1. The lowest BCUT2D eigenvalue weighted by Gasteiger charge is -2.14. The minimum absolute atomic E-state index is 0.119. The van der Waals surface area contributed by atoms with Crippen LogP contribution >= 0.6 is 27.3 Å². The quantitative estimate of drug-likeness (QED) is 0.898. The van der Waals surface area contributed by atoms with E-state index in [1.54, 1.807) is 18.4 Å². The van der Waals surface area contributed by atoms with Crippen LogP contribution in [0.25, 0.3) is 0 Å². The molecule has 0 radical (unpaired) electrons. The molecule has 1 aromatic rings. The highest BCUT2D eigenvalue weighted by molar-refractivity contribution is 9.11. The van der Waals surface area contributed by atoms with Crippen LogP contribution in [0.3, 0.4) is 0 Å². The van der Waals surface area contributed by atoms with Crippen LogP contribution in [0.5, 0.6) is 0 Å². The molecule has 1 rings (SSSR count). The minimum Gasteiger partial charge on any atom is -0.393 e. The van der Waals surface area contributed by atoms with Gasteiger partial charge in [-0.3, -0.25) is 0 Å². The van der Waals surface area contributed by atoms with Gasteiger partial charge in [0.25, 0.3) is 0 Å². The molecule has 2 atom stereocenters. The van der Waals surface area contributed by atoms with E-state index in [4.69, 9.17) is 4.74 Å². The van der Waals surface area contributed by atoms with Gasteiger partial charge in [0.15, 0.2) is 0 Å². The molecule has 2 unspecified atom stereocenters. The first-order valence-electron chi connectivity index (χ1n) is 4.57. The highest BCUT2D eigenvalue weighted by atomic mass is 79.9. The molecule has 0 aromatic carbocycles. The van der Waals surface area contributed by atoms with Crippen LogP contribution in [-0.4, -0.2) is 24.4 Å². The SMILES string of the molecule is COC(C)CC(O)Cc1ccc(Br)s1. The molecule has 0 amide bonds. The third-order valence-electron chi connectivity index (χ3n) is 2.07. The van der Waals surface area contributed by atoms with Crippen molar-refractivity contribution in [3.63, 3.8) is 0 Å². The molecule has 0 aliphatic heterocycles. The maximum absolute atomic E-state index is 9.72. The van der Waals surface area contributed by atoms with E-state index in [0.29, 0.717) is 12.8 Å². The Hall–Kier alpha value is 0.1000. The van der Waals surface area contributed by atoms with E-state index in [0.717, 1.165) is 3.79 Å². The van der Waals surface area contributed by atoms with Gasteiger partial charge in [0, 0.05) is 18.4 Å². The third-order valence-corrected chi connectivity index (χ3v) is 3.72. The van der Waals surface area contributed by atoms with E-state index in [1.807, 2.05) is 19.1 Å². The van der Waals surface area contributed by atoms with Crippen LogP contribution < -0.4 is 0 Å². The second-order valence-corrected chi connectivity index (χ2v) is 5.89. The molecule has 0 bridgehead atoms. The van der Waals surface area contributed by atoms with Crippen molar-refractivity contribution in [2.24, 2.45) is 0 Å². The van der Waals surface area contributed by atoms with Crippen molar-refractivity contribution in [2.45, 2.75) is 32.0 Å². The summed E-state index contributed by atoms with van der Waals surface area (Å²) in [5.74, 6) is 0. The van der Waals surface area contributed by atoms with Crippen LogP contribution in [0.2, 0.25) is 0 Å². The summed E-state index contributed by atoms with van der Waals surface area (Å²) in [4.78, 5) is 1.20. The molecule has 14 heavy (non-hydrogen) atoms. The summed E-state index contributed by atoms with van der Waals surface area (Å²) in [5, 5.41) is 9.72.